The molecule has 5 heteroatoms. The standard InChI is InChI=1S/C13H12BrFN2O/c1-8-10(14)4-6-13(16-8)17-11-5-3-9(15)7-12(11)18-2/h3-7H,1-2H3,(H,16,17). The van der Waals surface area contributed by atoms with Gasteiger partial charge in [0.2, 0.25) is 0 Å². The van der Waals surface area contributed by atoms with E-state index < -0.39 is 0 Å². The number of benzene rings is 1. The van der Waals surface area contributed by atoms with Gasteiger partial charge in [-0.15, -0.1) is 0 Å². The molecule has 0 spiro atoms. The summed E-state index contributed by atoms with van der Waals surface area (Å²) in [7, 11) is 1.50. The van der Waals surface area contributed by atoms with Crippen LogP contribution in [-0.4, -0.2) is 12.1 Å². The second-order valence-corrected chi connectivity index (χ2v) is 4.59. The number of halogens is 2. The van der Waals surface area contributed by atoms with E-state index in [9.17, 15) is 4.39 Å². The molecule has 0 saturated carbocycles. The lowest BCUT2D eigenvalue weighted by atomic mass is 10.2. The van der Waals surface area contributed by atoms with Crippen molar-refractivity contribution >= 4 is 27.4 Å². The van der Waals surface area contributed by atoms with Crippen molar-refractivity contribution in [1.29, 1.82) is 0 Å². The smallest absolute Gasteiger partial charge is 0.145 e. The van der Waals surface area contributed by atoms with Gasteiger partial charge in [-0.2, -0.15) is 0 Å². The molecule has 0 atom stereocenters. The summed E-state index contributed by atoms with van der Waals surface area (Å²) >= 11 is 3.39. The SMILES string of the molecule is COc1cc(F)ccc1Nc1ccc(Br)c(C)n1. The number of methoxy groups -OCH3 is 1. The molecule has 3 nitrogen and oxygen atoms in total. The lowest BCUT2D eigenvalue weighted by Crippen LogP contribution is -1.98. The van der Waals surface area contributed by atoms with Gasteiger partial charge in [0.1, 0.15) is 17.4 Å². The zero-order chi connectivity index (χ0) is 13.1. The zero-order valence-electron chi connectivity index (χ0n) is 10.00. The molecule has 0 aliphatic carbocycles. The zero-order valence-corrected chi connectivity index (χ0v) is 11.6. The largest absolute Gasteiger partial charge is 0.494 e. The van der Waals surface area contributed by atoms with Crippen molar-refractivity contribution in [1.82, 2.24) is 4.98 Å². The first kappa shape index (κ1) is 12.8. The van der Waals surface area contributed by atoms with E-state index in [1.54, 1.807) is 6.07 Å². The van der Waals surface area contributed by atoms with Gasteiger partial charge < -0.3 is 10.1 Å². The number of hydrogen-bond donors (Lipinski definition) is 1. The van der Waals surface area contributed by atoms with Crippen molar-refractivity contribution in [3.63, 3.8) is 0 Å². The van der Waals surface area contributed by atoms with Crippen LogP contribution in [0.5, 0.6) is 5.75 Å². The minimum Gasteiger partial charge on any atom is -0.494 e. The summed E-state index contributed by atoms with van der Waals surface area (Å²) in [5.41, 5.74) is 1.55. The molecule has 0 aliphatic rings. The van der Waals surface area contributed by atoms with Crippen molar-refractivity contribution in [3.05, 3.63) is 46.3 Å². The molecule has 0 aliphatic heterocycles. The van der Waals surface area contributed by atoms with Gasteiger partial charge in [0.05, 0.1) is 18.5 Å². The summed E-state index contributed by atoms with van der Waals surface area (Å²) in [4.78, 5) is 4.36. The first-order valence-corrected chi connectivity index (χ1v) is 6.13. The molecule has 0 fully saturated rings. The predicted molar refractivity (Wildman–Crippen MR) is 72.9 cm³/mol. The van der Waals surface area contributed by atoms with Gasteiger partial charge in [-0.05, 0) is 47.1 Å². The predicted octanol–water partition coefficient (Wildman–Crippen LogP) is 4.04. The quantitative estimate of drug-likeness (QED) is 0.929. The fourth-order valence-electron chi connectivity index (χ4n) is 1.52. The second kappa shape index (κ2) is 5.35. The molecule has 1 heterocycles. The Labute approximate surface area is 113 Å². The Morgan fingerprint density at radius 1 is 1.28 bits per heavy atom. The number of aromatic nitrogens is 1. The van der Waals surface area contributed by atoms with Crippen LogP contribution in [0.2, 0.25) is 0 Å². The Bertz CT molecular complexity index is 575. The second-order valence-electron chi connectivity index (χ2n) is 3.73. The lowest BCUT2D eigenvalue weighted by molar-refractivity contribution is 0.413. The van der Waals surface area contributed by atoms with Crippen LogP contribution in [0.4, 0.5) is 15.9 Å². The maximum absolute atomic E-state index is 13.1. The van der Waals surface area contributed by atoms with E-state index in [1.165, 1.54) is 19.2 Å². The fourth-order valence-corrected chi connectivity index (χ4v) is 1.74. The number of aryl methyl sites for hydroxylation is 1. The molecule has 2 aromatic rings. The van der Waals surface area contributed by atoms with Crippen LogP contribution in [0.15, 0.2) is 34.8 Å². The van der Waals surface area contributed by atoms with Crippen LogP contribution < -0.4 is 10.1 Å². The number of anilines is 2. The molecular weight excluding hydrogens is 299 g/mol. The highest BCUT2D eigenvalue weighted by atomic mass is 79.9. The van der Waals surface area contributed by atoms with E-state index >= 15 is 0 Å². The Morgan fingerprint density at radius 2 is 2.06 bits per heavy atom. The molecule has 2 rings (SSSR count). The molecule has 0 bridgehead atoms. The highest BCUT2D eigenvalue weighted by Crippen LogP contribution is 2.28. The third-order valence-corrected chi connectivity index (χ3v) is 3.29. The average molecular weight is 311 g/mol. The van der Waals surface area contributed by atoms with Gasteiger partial charge in [-0.25, -0.2) is 9.37 Å². The van der Waals surface area contributed by atoms with Crippen LogP contribution in [0, 0.1) is 12.7 Å². The summed E-state index contributed by atoms with van der Waals surface area (Å²) in [6.07, 6.45) is 0. The average Bonchev–Trinajstić information content (AvgIpc) is 2.36. The molecular formula is C13H12BrFN2O. The van der Waals surface area contributed by atoms with Crippen LogP contribution >= 0.6 is 15.9 Å². The van der Waals surface area contributed by atoms with Gasteiger partial charge >= 0.3 is 0 Å². The Kier molecular flexibility index (Phi) is 3.81. The fraction of sp³-hybridized carbons (Fsp3) is 0.154. The highest BCUT2D eigenvalue weighted by molar-refractivity contribution is 9.10. The number of ether oxygens (including phenoxy) is 1. The van der Waals surface area contributed by atoms with Crippen LogP contribution in [0.3, 0.4) is 0 Å². The van der Waals surface area contributed by atoms with Crippen molar-refractivity contribution in [2.75, 3.05) is 12.4 Å². The first-order chi connectivity index (χ1) is 8.60. The van der Waals surface area contributed by atoms with Crippen LogP contribution in [0.25, 0.3) is 0 Å². The van der Waals surface area contributed by atoms with Gasteiger partial charge in [0.15, 0.2) is 0 Å². The summed E-state index contributed by atoms with van der Waals surface area (Å²) < 4.78 is 19.1. The van der Waals surface area contributed by atoms with E-state index in [4.69, 9.17) is 4.74 Å². The number of nitrogens with one attached hydrogen (secondary N) is 1. The molecule has 94 valence electrons. The highest BCUT2D eigenvalue weighted by Gasteiger charge is 2.06. The van der Waals surface area contributed by atoms with E-state index in [0.29, 0.717) is 17.3 Å². The van der Waals surface area contributed by atoms with Gasteiger partial charge in [0.25, 0.3) is 0 Å². The summed E-state index contributed by atoms with van der Waals surface area (Å²) in [5.74, 6) is 0.787. The number of rotatable bonds is 3. The summed E-state index contributed by atoms with van der Waals surface area (Å²) in [6, 6.07) is 8.05. The van der Waals surface area contributed by atoms with Gasteiger partial charge in [0, 0.05) is 10.5 Å². The molecule has 18 heavy (non-hydrogen) atoms. The minimum absolute atomic E-state index is 0.336. The van der Waals surface area contributed by atoms with Crippen LogP contribution in [0.1, 0.15) is 5.69 Å². The van der Waals surface area contributed by atoms with Gasteiger partial charge in [-0.1, -0.05) is 0 Å². The molecule has 1 aromatic heterocycles. The van der Waals surface area contributed by atoms with Crippen molar-refractivity contribution in [2.24, 2.45) is 0 Å². The van der Waals surface area contributed by atoms with Gasteiger partial charge in [-0.3, -0.25) is 0 Å². The van der Waals surface area contributed by atoms with E-state index in [2.05, 4.69) is 26.2 Å². The van der Waals surface area contributed by atoms with Crippen molar-refractivity contribution in [3.8, 4) is 5.75 Å². The van der Waals surface area contributed by atoms with E-state index in [1.807, 2.05) is 19.1 Å². The Hall–Kier alpha value is -1.62. The minimum atomic E-state index is -0.336. The number of nitrogens with zero attached hydrogens (tertiary/aromatic N) is 1. The molecule has 0 saturated heterocycles. The normalized spacial score (nSPS) is 10.2. The maximum atomic E-state index is 13.1. The Balaban J connectivity index is 2.30. The molecule has 1 N–H and O–H groups in total. The monoisotopic (exact) mass is 310 g/mol. The van der Waals surface area contributed by atoms with E-state index in [0.717, 1.165) is 10.2 Å². The van der Waals surface area contributed by atoms with Crippen LogP contribution in [-0.2, 0) is 0 Å². The first-order valence-electron chi connectivity index (χ1n) is 5.34. The third-order valence-electron chi connectivity index (χ3n) is 2.45. The molecule has 1 aromatic carbocycles. The van der Waals surface area contributed by atoms with Crippen molar-refractivity contribution < 1.29 is 9.13 Å². The van der Waals surface area contributed by atoms with Crippen molar-refractivity contribution in [2.45, 2.75) is 6.92 Å². The number of hydrogen-bond acceptors (Lipinski definition) is 3. The summed E-state index contributed by atoms with van der Waals surface area (Å²) in [5, 5.41) is 3.10. The molecule has 0 amide bonds. The van der Waals surface area contributed by atoms with E-state index in [-0.39, 0.29) is 5.82 Å². The maximum Gasteiger partial charge on any atom is 0.145 e. The summed E-state index contributed by atoms with van der Waals surface area (Å²) in [6.45, 7) is 1.90. The molecule has 0 radical (unpaired) electrons. The third kappa shape index (κ3) is 2.79. The topological polar surface area (TPSA) is 34.1 Å². The lowest BCUT2D eigenvalue weighted by Gasteiger charge is -2.11. The number of pyridine rings is 1. The molecule has 0 unspecified atom stereocenters. The Morgan fingerprint density at radius 3 is 2.72 bits per heavy atom.